The predicted molar refractivity (Wildman–Crippen MR) is 93.2 cm³/mol. The molecule has 7 nitrogen and oxygen atoms in total. The third-order valence-corrected chi connectivity index (χ3v) is 4.91. The van der Waals surface area contributed by atoms with Gasteiger partial charge in [-0.2, -0.15) is 0 Å². The summed E-state index contributed by atoms with van der Waals surface area (Å²) in [5.41, 5.74) is 5.33. The Kier molecular flexibility index (Phi) is 7.12. The number of ether oxygens (including phenoxy) is 2. The maximum Gasteiger partial charge on any atom is 0.316 e. The molecule has 0 radical (unpaired) electrons. The van der Waals surface area contributed by atoms with Gasteiger partial charge in [0.1, 0.15) is 11.8 Å². The minimum atomic E-state index is -0.603. The number of piperidine rings is 1. The number of nitrogens with zero attached hydrogens (tertiary/aromatic N) is 1. The molecule has 1 fully saturated rings. The second kappa shape index (κ2) is 9.31. The zero-order valence-corrected chi connectivity index (χ0v) is 14.9. The molecular formula is C17H22N2O5S. The second-order valence-electron chi connectivity index (χ2n) is 5.63. The lowest BCUT2D eigenvalue weighted by Gasteiger charge is -2.33. The molecule has 136 valence electrons. The molecule has 1 aromatic carbocycles. The molecule has 2 N–H and O–H groups in total. The average Bonchev–Trinajstić information content (AvgIpc) is 2.64. The fourth-order valence-corrected chi connectivity index (χ4v) is 3.30. The van der Waals surface area contributed by atoms with Crippen LogP contribution in [0.1, 0.15) is 19.3 Å². The van der Waals surface area contributed by atoms with Gasteiger partial charge in [-0.05, 0) is 43.5 Å². The molecule has 0 bridgehead atoms. The van der Waals surface area contributed by atoms with E-state index in [2.05, 4.69) is 0 Å². The Labute approximate surface area is 150 Å². The van der Waals surface area contributed by atoms with Crippen molar-refractivity contribution in [3.05, 3.63) is 24.3 Å². The number of hydrogen-bond acceptors (Lipinski definition) is 6. The van der Waals surface area contributed by atoms with Crippen LogP contribution in [-0.4, -0.2) is 54.7 Å². The van der Waals surface area contributed by atoms with E-state index >= 15 is 0 Å². The van der Waals surface area contributed by atoms with Crippen molar-refractivity contribution in [1.29, 1.82) is 0 Å². The topological polar surface area (TPSA) is 98.9 Å². The molecular weight excluding hydrogens is 344 g/mol. The lowest BCUT2D eigenvalue weighted by atomic mass is 10.0. The summed E-state index contributed by atoms with van der Waals surface area (Å²) in [4.78, 5) is 37.7. The van der Waals surface area contributed by atoms with Crippen molar-refractivity contribution in [1.82, 2.24) is 4.90 Å². The molecule has 1 heterocycles. The molecule has 25 heavy (non-hydrogen) atoms. The van der Waals surface area contributed by atoms with E-state index < -0.39 is 17.9 Å². The summed E-state index contributed by atoms with van der Waals surface area (Å²) in [5.74, 6) is -0.552. The molecule has 8 heteroatoms. The van der Waals surface area contributed by atoms with Crippen molar-refractivity contribution in [2.24, 2.45) is 5.73 Å². The Morgan fingerprint density at radius 2 is 1.96 bits per heavy atom. The predicted octanol–water partition coefficient (Wildman–Crippen LogP) is 1.20. The van der Waals surface area contributed by atoms with Crippen molar-refractivity contribution >= 4 is 29.5 Å². The van der Waals surface area contributed by atoms with E-state index in [0.29, 0.717) is 13.0 Å². The highest BCUT2D eigenvalue weighted by Gasteiger charge is 2.30. The minimum absolute atomic E-state index is 0.0961. The maximum absolute atomic E-state index is 12.2. The highest BCUT2D eigenvalue weighted by molar-refractivity contribution is 8.00. The first kappa shape index (κ1) is 19.1. The van der Waals surface area contributed by atoms with Crippen molar-refractivity contribution in [3.63, 3.8) is 0 Å². The highest BCUT2D eigenvalue weighted by Crippen LogP contribution is 2.21. The van der Waals surface area contributed by atoms with Gasteiger partial charge >= 0.3 is 5.97 Å². The maximum atomic E-state index is 12.2. The molecule has 2 amide bonds. The fourth-order valence-electron chi connectivity index (χ4n) is 2.61. The Morgan fingerprint density at radius 1 is 1.24 bits per heavy atom. The summed E-state index contributed by atoms with van der Waals surface area (Å²) in [7, 11) is 1.58. The summed E-state index contributed by atoms with van der Waals surface area (Å²) in [6.45, 7) is 0.0936. The molecule has 1 aliphatic heterocycles. The summed E-state index contributed by atoms with van der Waals surface area (Å²) >= 11 is 1.31. The van der Waals surface area contributed by atoms with Crippen LogP contribution in [0.4, 0.5) is 0 Å². The van der Waals surface area contributed by atoms with Gasteiger partial charge in [0.25, 0.3) is 5.91 Å². The number of carbonyl (C=O) groups excluding carboxylic acids is 3. The molecule has 1 aromatic rings. The smallest absolute Gasteiger partial charge is 0.316 e. The van der Waals surface area contributed by atoms with Crippen LogP contribution >= 0.6 is 11.8 Å². The average molecular weight is 366 g/mol. The summed E-state index contributed by atoms with van der Waals surface area (Å²) in [6.07, 6.45) is 2.23. The standard InChI is InChI=1S/C17H22N2O5S/c1-23-12-5-7-13(8-6-12)25-11-16(21)24-10-15(20)19-9-3-2-4-14(19)17(18)22/h5-8,14H,2-4,9-11H2,1H3,(H2,18,22)/t14-/m1/s1. The molecule has 1 aliphatic rings. The fraction of sp³-hybridized carbons (Fsp3) is 0.471. The van der Waals surface area contributed by atoms with Crippen LogP contribution in [0.25, 0.3) is 0 Å². The van der Waals surface area contributed by atoms with E-state index in [-0.39, 0.29) is 18.3 Å². The molecule has 0 aliphatic carbocycles. The van der Waals surface area contributed by atoms with Gasteiger partial charge in [-0.25, -0.2) is 0 Å². The molecule has 1 atom stereocenters. The number of amides is 2. The van der Waals surface area contributed by atoms with Gasteiger partial charge in [0.05, 0.1) is 12.9 Å². The number of likely N-dealkylation sites (tertiary alicyclic amines) is 1. The van der Waals surface area contributed by atoms with Gasteiger partial charge in [0.2, 0.25) is 5.91 Å². The molecule has 0 saturated carbocycles. The number of hydrogen-bond donors (Lipinski definition) is 1. The minimum Gasteiger partial charge on any atom is -0.497 e. The van der Waals surface area contributed by atoms with E-state index in [1.807, 2.05) is 12.1 Å². The highest BCUT2D eigenvalue weighted by atomic mass is 32.2. The number of rotatable bonds is 7. The van der Waals surface area contributed by atoms with Gasteiger partial charge in [-0.1, -0.05) is 0 Å². The van der Waals surface area contributed by atoms with Crippen LogP contribution in [0.15, 0.2) is 29.2 Å². The molecule has 2 rings (SSSR count). The van der Waals surface area contributed by atoms with E-state index in [1.54, 1.807) is 19.2 Å². The zero-order valence-electron chi connectivity index (χ0n) is 14.1. The number of esters is 1. The van der Waals surface area contributed by atoms with Gasteiger partial charge < -0.3 is 20.1 Å². The molecule has 0 spiro atoms. The molecule has 0 unspecified atom stereocenters. The third kappa shape index (κ3) is 5.67. The SMILES string of the molecule is COc1ccc(SCC(=O)OCC(=O)N2CCCC[C@@H]2C(N)=O)cc1. The normalized spacial score (nSPS) is 17.0. The number of benzene rings is 1. The quantitative estimate of drug-likeness (QED) is 0.575. The van der Waals surface area contributed by atoms with Crippen LogP contribution in [0.2, 0.25) is 0 Å². The van der Waals surface area contributed by atoms with Gasteiger partial charge in [0, 0.05) is 11.4 Å². The van der Waals surface area contributed by atoms with Gasteiger partial charge in [-0.3, -0.25) is 14.4 Å². The Bertz CT molecular complexity index is 620. The first-order valence-electron chi connectivity index (χ1n) is 8.02. The number of nitrogens with two attached hydrogens (primary N) is 1. The first-order valence-corrected chi connectivity index (χ1v) is 9.01. The van der Waals surface area contributed by atoms with Crippen molar-refractivity contribution in [2.45, 2.75) is 30.2 Å². The van der Waals surface area contributed by atoms with Crippen molar-refractivity contribution in [3.8, 4) is 5.75 Å². The van der Waals surface area contributed by atoms with E-state index in [9.17, 15) is 14.4 Å². The zero-order chi connectivity index (χ0) is 18.2. The lowest BCUT2D eigenvalue weighted by Crippen LogP contribution is -2.51. The second-order valence-corrected chi connectivity index (χ2v) is 6.67. The Hall–Kier alpha value is -2.22. The Morgan fingerprint density at radius 3 is 2.60 bits per heavy atom. The monoisotopic (exact) mass is 366 g/mol. The third-order valence-electron chi connectivity index (χ3n) is 3.92. The summed E-state index contributed by atoms with van der Waals surface area (Å²) < 4.78 is 10.1. The number of carbonyl (C=O) groups is 3. The Balaban J connectivity index is 1.76. The van der Waals surface area contributed by atoms with Crippen LogP contribution in [0, 0.1) is 0 Å². The van der Waals surface area contributed by atoms with Crippen LogP contribution in [0.3, 0.4) is 0 Å². The molecule has 0 aromatic heterocycles. The van der Waals surface area contributed by atoms with E-state index in [0.717, 1.165) is 23.5 Å². The number of methoxy groups -OCH3 is 1. The van der Waals surface area contributed by atoms with Gasteiger partial charge in [0.15, 0.2) is 6.61 Å². The van der Waals surface area contributed by atoms with Gasteiger partial charge in [-0.15, -0.1) is 11.8 Å². The van der Waals surface area contributed by atoms with Crippen LogP contribution < -0.4 is 10.5 Å². The summed E-state index contributed by atoms with van der Waals surface area (Å²) in [6, 6.07) is 6.68. The number of thioether (sulfide) groups is 1. The largest absolute Gasteiger partial charge is 0.497 e. The van der Waals surface area contributed by atoms with Crippen molar-refractivity contribution < 1.29 is 23.9 Å². The van der Waals surface area contributed by atoms with E-state index in [1.165, 1.54) is 16.7 Å². The summed E-state index contributed by atoms with van der Waals surface area (Å²) in [5, 5.41) is 0. The van der Waals surface area contributed by atoms with Crippen molar-refractivity contribution in [2.75, 3.05) is 26.0 Å². The molecule has 1 saturated heterocycles. The van der Waals surface area contributed by atoms with E-state index in [4.69, 9.17) is 15.2 Å². The van der Waals surface area contributed by atoms with Crippen LogP contribution in [0.5, 0.6) is 5.75 Å². The lowest BCUT2D eigenvalue weighted by molar-refractivity contribution is -0.153. The first-order chi connectivity index (χ1) is 12.0. The number of primary amides is 1. The van der Waals surface area contributed by atoms with Crippen LogP contribution in [-0.2, 0) is 19.1 Å².